The number of hydrogen-bond acceptors (Lipinski definition) is 9. The molecule has 1 aliphatic heterocycles. The molecule has 1 atom stereocenters. The van der Waals surface area contributed by atoms with Crippen molar-refractivity contribution < 1.29 is 28.3 Å². The summed E-state index contributed by atoms with van der Waals surface area (Å²) in [6.07, 6.45) is 1.26. The lowest BCUT2D eigenvalue weighted by Gasteiger charge is -2.37. The summed E-state index contributed by atoms with van der Waals surface area (Å²) in [5.74, 6) is -1.00. The van der Waals surface area contributed by atoms with Crippen LogP contribution in [-0.4, -0.2) is 88.7 Å². The largest absolute Gasteiger partial charge is 0.467 e. The molecule has 198 valence electrons. The Balaban J connectivity index is 1.98. The minimum absolute atomic E-state index is 0.0277. The molecule has 2 rings (SSSR count). The van der Waals surface area contributed by atoms with E-state index in [0.29, 0.717) is 19.7 Å². The molecule has 0 aliphatic carbocycles. The van der Waals surface area contributed by atoms with Gasteiger partial charge in [-0.05, 0) is 37.9 Å². The molecular formula is C23H40N4O6SSi. The van der Waals surface area contributed by atoms with Crippen LogP contribution in [0.25, 0.3) is 0 Å². The smallest absolute Gasteiger partial charge is 0.409 e. The molecule has 0 saturated carbocycles. The maximum atomic E-state index is 12.9. The number of nitrogens with zero attached hydrogens (tertiary/aromatic N) is 3. The van der Waals surface area contributed by atoms with Gasteiger partial charge < -0.3 is 29.0 Å². The average Bonchev–Trinajstić information content (AvgIpc) is 3.30. The van der Waals surface area contributed by atoms with Crippen molar-refractivity contribution in [2.75, 3.05) is 45.4 Å². The number of carbonyl (C=O) groups is 3. The first-order valence-corrected chi connectivity index (χ1v) is 15.7. The molecule has 1 saturated heterocycles. The number of thiazole rings is 1. The molecule has 2 heterocycles. The topological polar surface area (TPSA) is 110 Å². The van der Waals surface area contributed by atoms with Crippen molar-refractivity contribution in [3.05, 3.63) is 11.1 Å². The zero-order chi connectivity index (χ0) is 26.4. The van der Waals surface area contributed by atoms with Gasteiger partial charge in [0.2, 0.25) is 0 Å². The van der Waals surface area contributed by atoms with Crippen LogP contribution in [0.5, 0.6) is 0 Å². The number of ether oxygens (including phenoxy) is 2. The van der Waals surface area contributed by atoms with Gasteiger partial charge in [-0.3, -0.25) is 4.79 Å². The minimum atomic E-state index is -2.11. The van der Waals surface area contributed by atoms with Crippen LogP contribution in [0.4, 0.5) is 9.93 Å². The third kappa shape index (κ3) is 7.65. The number of hydrogen-bond donors (Lipinski definition) is 1. The fourth-order valence-electron chi connectivity index (χ4n) is 3.38. The maximum Gasteiger partial charge on any atom is 0.409 e. The summed E-state index contributed by atoms with van der Waals surface area (Å²) < 4.78 is 16.1. The summed E-state index contributed by atoms with van der Waals surface area (Å²) in [5.41, 5.74) is 0.247. The fraction of sp³-hybridized carbons (Fsp3) is 0.739. The van der Waals surface area contributed by atoms with Gasteiger partial charge in [0.05, 0.1) is 20.3 Å². The van der Waals surface area contributed by atoms with Crippen LogP contribution in [0.3, 0.4) is 0 Å². The van der Waals surface area contributed by atoms with Gasteiger partial charge in [0, 0.05) is 31.6 Å². The fourth-order valence-corrected chi connectivity index (χ4v) is 5.26. The summed E-state index contributed by atoms with van der Waals surface area (Å²) in [4.78, 5) is 45.4. The Morgan fingerprint density at radius 2 is 1.91 bits per heavy atom. The van der Waals surface area contributed by atoms with Crippen molar-refractivity contribution in [1.82, 2.24) is 15.2 Å². The number of anilines is 1. The monoisotopic (exact) mass is 528 g/mol. The molecule has 1 fully saturated rings. The zero-order valence-corrected chi connectivity index (χ0v) is 24.0. The lowest BCUT2D eigenvalue weighted by atomic mass is 10.0. The van der Waals surface area contributed by atoms with Crippen molar-refractivity contribution in [3.63, 3.8) is 0 Å². The highest BCUT2D eigenvalue weighted by atomic mass is 32.1. The number of methoxy groups -OCH3 is 1. The van der Waals surface area contributed by atoms with Crippen LogP contribution in [0.1, 0.15) is 51.0 Å². The standard InChI is InChI=1S/C23H40N4O6SSi/c1-9-32-22(30)26(5)16-10-12-27(13-11-16)21-25-18(15-34-21)19(28)24-17(20(29)31-6)14-33-35(7,8)23(2,3)4/h15-17H,9-14H2,1-8H3,(H,24,28)/t17-/m0/s1. The lowest BCUT2D eigenvalue weighted by molar-refractivity contribution is -0.143. The Hall–Kier alpha value is -2.18. The Bertz CT molecular complexity index is 880. The van der Waals surface area contributed by atoms with Gasteiger partial charge in [-0.25, -0.2) is 14.6 Å². The van der Waals surface area contributed by atoms with Gasteiger partial charge in [0.1, 0.15) is 11.7 Å². The first-order valence-electron chi connectivity index (χ1n) is 11.9. The van der Waals surface area contributed by atoms with Crippen molar-refractivity contribution in [1.29, 1.82) is 0 Å². The molecule has 0 bridgehead atoms. The van der Waals surface area contributed by atoms with Crippen LogP contribution in [0, 0.1) is 0 Å². The first-order chi connectivity index (χ1) is 16.3. The van der Waals surface area contributed by atoms with Gasteiger partial charge in [-0.1, -0.05) is 20.8 Å². The molecule has 1 N–H and O–H groups in total. The molecule has 1 aliphatic rings. The van der Waals surface area contributed by atoms with Gasteiger partial charge >= 0.3 is 12.1 Å². The minimum Gasteiger partial charge on any atom is -0.467 e. The Kier molecular flexibility index (Phi) is 10.1. The van der Waals surface area contributed by atoms with E-state index in [1.54, 1.807) is 24.3 Å². The van der Waals surface area contributed by atoms with Crippen LogP contribution < -0.4 is 10.2 Å². The van der Waals surface area contributed by atoms with E-state index in [0.717, 1.165) is 18.0 Å². The predicted molar refractivity (Wildman–Crippen MR) is 139 cm³/mol. The summed E-state index contributed by atoms with van der Waals surface area (Å²) in [5, 5.41) is 5.12. The van der Waals surface area contributed by atoms with Gasteiger partial charge in [0.15, 0.2) is 13.4 Å². The highest BCUT2D eigenvalue weighted by Crippen LogP contribution is 2.36. The van der Waals surface area contributed by atoms with Crippen molar-refractivity contribution >= 4 is 42.8 Å². The van der Waals surface area contributed by atoms with Crippen LogP contribution in [0.15, 0.2) is 5.38 Å². The Morgan fingerprint density at radius 3 is 2.46 bits per heavy atom. The van der Waals surface area contributed by atoms with Gasteiger partial charge in [-0.15, -0.1) is 11.3 Å². The number of esters is 1. The molecule has 0 spiro atoms. The zero-order valence-electron chi connectivity index (χ0n) is 22.2. The van der Waals surface area contributed by atoms with E-state index in [1.165, 1.54) is 18.4 Å². The number of rotatable bonds is 9. The molecule has 2 amide bonds. The quantitative estimate of drug-likeness (QED) is 0.383. The van der Waals surface area contributed by atoms with E-state index < -0.39 is 26.2 Å². The molecule has 12 heteroatoms. The molecule has 0 radical (unpaired) electrons. The Labute approximate surface area is 213 Å². The molecule has 0 unspecified atom stereocenters. The van der Waals surface area contributed by atoms with E-state index in [4.69, 9.17) is 13.9 Å². The van der Waals surface area contributed by atoms with Crippen LogP contribution in [0.2, 0.25) is 18.1 Å². The van der Waals surface area contributed by atoms with E-state index >= 15 is 0 Å². The highest BCUT2D eigenvalue weighted by Gasteiger charge is 2.38. The summed E-state index contributed by atoms with van der Waals surface area (Å²) in [7, 11) is 0.937. The van der Waals surface area contributed by atoms with Crippen molar-refractivity contribution in [3.8, 4) is 0 Å². The van der Waals surface area contributed by atoms with E-state index in [1.807, 2.05) is 0 Å². The first kappa shape index (κ1) is 29.0. The second-order valence-corrected chi connectivity index (χ2v) is 15.8. The van der Waals surface area contributed by atoms with Crippen molar-refractivity contribution in [2.24, 2.45) is 0 Å². The number of amides is 2. The molecule has 10 nitrogen and oxygen atoms in total. The predicted octanol–water partition coefficient (Wildman–Crippen LogP) is 3.49. The second kappa shape index (κ2) is 12.2. The van der Waals surface area contributed by atoms with E-state index in [2.05, 4.69) is 49.1 Å². The third-order valence-electron chi connectivity index (χ3n) is 6.77. The third-order valence-corrected chi connectivity index (χ3v) is 12.2. The number of nitrogens with one attached hydrogen (secondary N) is 1. The number of aromatic nitrogens is 1. The maximum absolute atomic E-state index is 12.9. The Morgan fingerprint density at radius 1 is 1.29 bits per heavy atom. The average molecular weight is 529 g/mol. The van der Waals surface area contributed by atoms with Gasteiger partial charge in [-0.2, -0.15) is 0 Å². The van der Waals surface area contributed by atoms with Gasteiger partial charge in [0.25, 0.3) is 5.91 Å². The van der Waals surface area contributed by atoms with Crippen molar-refractivity contribution in [2.45, 2.75) is 70.8 Å². The normalized spacial score (nSPS) is 15.9. The SMILES string of the molecule is CCOC(=O)N(C)C1CCN(c2nc(C(=O)N[C@@H](CO[Si](C)(C)C(C)(C)C)C(=O)OC)cs2)CC1. The molecule has 35 heavy (non-hydrogen) atoms. The highest BCUT2D eigenvalue weighted by molar-refractivity contribution is 7.13. The van der Waals surface area contributed by atoms with E-state index in [9.17, 15) is 14.4 Å². The number of carbonyl (C=O) groups excluding carboxylic acids is 3. The number of piperidine rings is 1. The lowest BCUT2D eigenvalue weighted by Crippen LogP contribution is -2.49. The summed E-state index contributed by atoms with van der Waals surface area (Å²) in [6.45, 7) is 14.1. The summed E-state index contributed by atoms with van der Waals surface area (Å²) in [6, 6.07) is -0.810. The van der Waals surface area contributed by atoms with Crippen LogP contribution in [-0.2, 0) is 18.7 Å². The van der Waals surface area contributed by atoms with E-state index in [-0.39, 0.29) is 29.5 Å². The van der Waals surface area contributed by atoms with Crippen LogP contribution >= 0.6 is 11.3 Å². The summed E-state index contributed by atoms with van der Waals surface area (Å²) >= 11 is 1.38. The molecule has 0 aromatic carbocycles. The molecule has 1 aromatic rings. The molecule has 1 aromatic heterocycles. The second-order valence-electron chi connectivity index (χ2n) is 10.2. The molecular weight excluding hydrogens is 488 g/mol.